The smallest absolute Gasteiger partial charge is 0.415 e. The van der Waals surface area contributed by atoms with Crippen LogP contribution < -0.4 is 20.5 Å². The number of aliphatic hydroxyl groups excluding tert-OH is 2. The van der Waals surface area contributed by atoms with Gasteiger partial charge in [0.05, 0.1) is 13.4 Å². The minimum Gasteiger partial charge on any atom is -0.497 e. The fourth-order valence-electron chi connectivity index (χ4n) is 5.27. The zero-order valence-corrected chi connectivity index (χ0v) is 22.5. The van der Waals surface area contributed by atoms with Gasteiger partial charge in [0.25, 0.3) is 5.91 Å². The van der Waals surface area contributed by atoms with Gasteiger partial charge in [0.15, 0.2) is 23.8 Å². The molecule has 4 heterocycles. The van der Waals surface area contributed by atoms with Gasteiger partial charge in [-0.25, -0.2) is 19.7 Å². The Morgan fingerprint density at radius 1 is 1.07 bits per heavy atom. The Hall–Kier alpha value is -4.01. The number of nitrogens with two attached hydrogens (primary N) is 1. The van der Waals surface area contributed by atoms with Crippen molar-refractivity contribution in [1.82, 2.24) is 29.7 Å². The lowest BCUT2D eigenvalue weighted by molar-refractivity contribution is -0.137. The summed E-state index contributed by atoms with van der Waals surface area (Å²) in [6, 6.07) is 6.92. The van der Waals surface area contributed by atoms with Gasteiger partial charge in [-0.05, 0) is 55.9 Å². The lowest BCUT2D eigenvalue weighted by Crippen LogP contribution is -2.43. The van der Waals surface area contributed by atoms with Gasteiger partial charge in [-0.2, -0.15) is 0 Å². The molecule has 2 aromatic heterocycles. The van der Waals surface area contributed by atoms with E-state index in [1.54, 1.807) is 36.3 Å². The molecular weight excluding hydrogens is 534 g/mol. The summed E-state index contributed by atoms with van der Waals surface area (Å²) in [5.74, 6) is 1.55. The number of carbonyl (C=O) groups excluding carboxylic acids is 2. The zero-order chi connectivity index (χ0) is 28.7. The molecule has 0 bridgehead atoms. The first kappa shape index (κ1) is 27.2. The van der Waals surface area contributed by atoms with Crippen LogP contribution in [-0.4, -0.2) is 91.2 Å². The molecular formula is C27H33N7O7. The van der Waals surface area contributed by atoms with Crippen LogP contribution in [0.4, 0.5) is 10.6 Å². The van der Waals surface area contributed by atoms with Crippen LogP contribution in [-0.2, 0) is 16.0 Å². The van der Waals surface area contributed by atoms with Crippen LogP contribution in [0.5, 0.6) is 11.5 Å². The third kappa shape index (κ3) is 5.62. The number of anilines is 1. The number of nitrogens with one attached hydrogen (secondary N) is 1. The van der Waals surface area contributed by atoms with Crippen LogP contribution in [0, 0.1) is 5.92 Å². The van der Waals surface area contributed by atoms with Crippen molar-refractivity contribution in [2.24, 2.45) is 5.92 Å². The Labute approximate surface area is 235 Å². The van der Waals surface area contributed by atoms with Gasteiger partial charge in [0.1, 0.15) is 35.0 Å². The minimum absolute atomic E-state index is 0.0876. The standard InChI is InChI=1S/C27H33N7O7/c1-39-16-4-6-17(7-5-16)40-27(38)33-10-8-14(9-11-33)12-18-31-23(28)19-24(32-18)34(13-29-19)26-21(36)20(35)22(41-26)25(37)30-15-2-3-15/h4-7,13-15,20-22,26,35-36H,2-3,8-12H2,1H3,(H,30,37)(H2,28,31,32)/t20?,21?,22-,26+/m0/s1. The molecule has 3 aromatic rings. The molecule has 0 radical (unpaired) electrons. The minimum atomic E-state index is -1.41. The molecule has 2 saturated heterocycles. The normalized spacial score (nSPS) is 24.9. The molecule has 3 fully saturated rings. The molecule has 14 nitrogen and oxygen atoms in total. The summed E-state index contributed by atoms with van der Waals surface area (Å²) in [7, 11) is 1.57. The van der Waals surface area contributed by atoms with E-state index >= 15 is 0 Å². The molecule has 1 aliphatic carbocycles. The fourth-order valence-corrected chi connectivity index (χ4v) is 5.27. The maximum atomic E-state index is 12.6. The predicted octanol–water partition coefficient (Wildman–Crippen LogP) is 0.768. The number of rotatable bonds is 7. The van der Waals surface area contributed by atoms with E-state index in [-0.39, 0.29) is 17.8 Å². The van der Waals surface area contributed by atoms with Crippen molar-refractivity contribution in [2.75, 3.05) is 25.9 Å². The number of carbonyl (C=O) groups is 2. The number of methoxy groups -OCH3 is 1. The van der Waals surface area contributed by atoms with Gasteiger partial charge in [-0.15, -0.1) is 0 Å². The lowest BCUT2D eigenvalue weighted by atomic mass is 9.93. The number of imidazole rings is 1. The zero-order valence-electron chi connectivity index (χ0n) is 22.5. The molecule has 1 saturated carbocycles. The van der Waals surface area contributed by atoms with E-state index in [0.717, 1.165) is 25.7 Å². The van der Waals surface area contributed by atoms with Gasteiger partial charge in [0, 0.05) is 25.6 Å². The number of aromatic nitrogens is 4. The summed E-state index contributed by atoms with van der Waals surface area (Å²) < 4.78 is 17.9. The molecule has 14 heteroatoms. The van der Waals surface area contributed by atoms with E-state index in [1.165, 1.54) is 10.9 Å². The van der Waals surface area contributed by atoms with Crippen molar-refractivity contribution in [3.8, 4) is 11.5 Å². The third-order valence-corrected chi connectivity index (χ3v) is 7.80. The number of benzene rings is 1. The second-order valence-electron chi connectivity index (χ2n) is 10.7. The molecule has 1 aromatic carbocycles. The second-order valence-corrected chi connectivity index (χ2v) is 10.7. The molecule has 5 N–H and O–H groups in total. The molecule has 41 heavy (non-hydrogen) atoms. The summed E-state index contributed by atoms with van der Waals surface area (Å²) >= 11 is 0. The van der Waals surface area contributed by atoms with E-state index in [9.17, 15) is 19.8 Å². The number of hydrogen-bond donors (Lipinski definition) is 4. The summed E-state index contributed by atoms with van der Waals surface area (Å²) in [6.07, 6.45) is -0.304. The number of nitrogen functional groups attached to an aromatic ring is 1. The first-order chi connectivity index (χ1) is 19.8. The monoisotopic (exact) mass is 567 g/mol. The maximum absolute atomic E-state index is 12.6. The average molecular weight is 568 g/mol. The van der Waals surface area contributed by atoms with Crippen LogP contribution in [0.3, 0.4) is 0 Å². The first-order valence-electron chi connectivity index (χ1n) is 13.7. The quantitative estimate of drug-likeness (QED) is 0.316. The van der Waals surface area contributed by atoms with E-state index < -0.39 is 36.5 Å². The summed E-state index contributed by atoms with van der Waals surface area (Å²) in [5.41, 5.74) is 6.88. The Morgan fingerprint density at radius 3 is 2.46 bits per heavy atom. The van der Waals surface area contributed by atoms with Crippen LogP contribution in [0.25, 0.3) is 11.2 Å². The maximum Gasteiger partial charge on any atom is 0.415 e. The summed E-state index contributed by atoms with van der Waals surface area (Å²) in [6.45, 7) is 1.05. The Kier molecular flexibility index (Phi) is 7.36. The number of amides is 2. The largest absolute Gasteiger partial charge is 0.497 e. The molecule has 2 unspecified atom stereocenters. The molecule has 2 amide bonds. The lowest BCUT2D eigenvalue weighted by Gasteiger charge is -2.31. The van der Waals surface area contributed by atoms with Crippen molar-refractivity contribution >= 4 is 29.0 Å². The van der Waals surface area contributed by atoms with Crippen molar-refractivity contribution in [3.05, 3.63) is 36.4 Å². The molecule has 2 aliphatic heterocycles. The number of hydrogen-bond acceptors (Lipinski definition) is 11. The highest BCUT2D eigenvalue weighted by molar-refractivity contribution is 5.83. The first-order valence-corrected chi connectivity index (χ1v) is 13.7. The van der Waals surface area contributed by atoms with Gasteiger partial charge in [0.2, 0.25) is 0 Å². The van der Waals surface area contributed by atoms with Crippen LogP contribution in [0.15, 0.2) is 30.6 Å². The average Bonchev–Trinajstić information content (AvgIpc) is 3.61. The number of piperidine rings is 1. The van der Waals surface area contributed by atoms with E-state index in [1.807, 2.05) is 0 Å². The van der Waals surface area contributed by atoms with E-state index in [2.05, 4.69) is 20.3 Å². The van der Waals surface area contributed by atoms with Crippen LogP contribution >= 0.6 is 0 Å². The summed E-state index contributed by atoms with van der Waals surface area (Å²) in [4.78, 5) is 40.2. The highest BCUT2D eigenvalue weighted by atomic mass is 16.6. The highest BCUT2D eigenvalue weighted by Gasteiger charge is 2.48. The number of nitrogens with zero attached hydrogens (tertiary/aromatic N) is 5. The van der Waals surface area contributed by atoms with Crippen LogP contribution in [0.2, 0.25) is 0 Å². The van der Waals surface area contributed by atoms with Crippen molar-refractivity contribution in [1.29, 1.82) is 0 Å². The Morgan fingerprint density at radius 2 is 1.78 bits per heavy atom. The Balaban J connectivity index is 1.10. The number of aliphatic hydroxyl groups is 2. The third-order valence-electron chi connectivity index (χ3n) is 7.80. The second kappa shape index (κ2) is 11.1. The molecule has 218 valence electrons. The van der Waals surface area contributed by atoms with E-state index in [0.29, 0.717) is 48.0 Å². The van der Waals surface area contributed by atoms with Crippen molar-refractivity contribution < 1.29 is 34.0 Å². The molecule has 6 rings (SSSR count). The van der Waals surface area contributed by atoms with Crippen LogP contribution in [0.1, 0.15) is 37.7 Å². The topological polar surface area (TPSA) is 187 Å². The molecule has 0 spiro atoms. The number of likely N-dealkylation sites (tertiary alicyclic amines) is 1. The van der Waals surface area contributed by atoms with Crippen molar-refractivity contribution in [2.45, 2.75) is 62.7 Å². The number of ether oxygens (including phenoxy) is 3. The highest BCUT2D eigenvalue weighted by Crippen LogP contribution is 2.33. The van der Waals surface area contributed by atoms with E-state index in [4.69, 9.17) is 19.9 Å². The van der Waals surface area contributed by atoms with Gasteiger partial charge >= 0.3 is 6.09 Å². The van der Waals surface area contributed by atoms with Gasteiger partial charge < -0.3 is 40.4 Å². The molecule has 4 atom stereocenters. The van der Waals surface area contributed by atoms with Gasteiger partial charge in [-0.1, -0.05) is 0 Å². The van der Waals surface area contributed by atoms with Gasteiger partial charge in [-0.3, -0.25) is 9.36 Å². The van der Waals surface area contributed by atoms with Crippen molar-refractivity contribution in [3.63, 3.8) is 0 Å². The SMILES string of the molecule is COc1ccc(OC(=O)N2CCC(Cc3nc(N)c4ncn([C@@H]5O[C@H](C(=O)NC6CC6)C(O)C5O)c4n3)CC2)cc1. The predicted molar refractivity (Wildman–Crippen MR) is 144 cm³/mol. The number of fused-ring (bicyclic) bond motifs is 1. The molecule has 3 aliphatic rings. The summed E-state index contributed by atoms with van der Waals surface area (Å²) in [5, 5.41) is 24.0. The fraction of sp³-hybridized carbons (Fsp3) is 0.519. The Bertz CT molecular complexity index is 1420.